The van der Waals surface area contributed by atoms with Gasteiger partial charge in [0.1, 0.15) is 0 Å². The molecule has 0 radical (unpaired) electrons. The zero-order chi connectivity index (χ0) is 19.9. The number of hydrogen-bond donors (Lipinski definition) is 2. The number of nitrogens with one attached hydrogen (secondary N) is 2. The molecular formula is C28H20N2. The van der Waals surface area contributed by atoms with Crippen molar-refractivity contribution in [3.8, 4) is 11.1 Å². The van der Waals surface area contributed by atoms with Crippen LogP contribution in [0.3, 0.4) is 0 Å². The van der Waals surface area contributed by atoms with Gasteiger partial charge in [-0.3, -0.25) is 0 Å². The molecule has 0 bridgehead atoms. The van der Waals surface area contributed by atoms with E-state index in [1.807, 2.05) is 0 Å². The second kappa shape index (κ2) is 6.78. The lowest BCUT2D eigenvalue weighted by Crippen LogP contribution is -1.94. The normalized spacial score (nSPS) is 11.3. The Morgan fingerprint density at radius 1 is 0.500 bits per heavy atom. The van der Waals surface area contributed by atoms with Gasteiger partial charge in [0.05, 0.1) is 0 Å². The third-order valence-electron chi connectivity index (χ3n) is 5.80. The second-order valence-electron chi connectivity index (χ2n) is 7.63. The minimum Gasteiger partial charge on any atom is -0.355 e. The SMILES string of the molecule is c1ccc(-c2ccc3[nH]c4ccccc4c3c2)c(Nc2cccc3ccccc23)c1. The van der Waals surface area contributed by atoms with E-state index in [1.54, 1.807) is 0 Å². The van der Waals surface area contributed by atoms with E-state index < -0.39 is 0 Å². The average molecular weight is 384 g/mol. The Morgan fingerprint density at radius 3 is 2.17 bits per heavy atom. The van der Waals surface area contributed by atoms with E-state index in [0.29, 0.717) is 0 Å². The monoisotopic (exact) mass is 384 g/mol. The van der Waals surface area contributed by atoms with Crippen molar-refractivity contribution in [1.82, 2.24) is 4.98 Å². The summed E-state index contributed by atoms with van der Waals surface area (Å²) in [7, 11) is 0. The molecule has 0 fully saturated rings. The predicted octanol–water partition coefficient (Wildman–Crippen LogP) is 7.88. The first-order valence-electron chi connectivity index (χ1n) is 10.2. The van der Waals surface area contributed by atoms with Crippen molar-refractivity contribution in [2.75, 3.05) is 5.32 Å². The molecule has 5 aromatic carbocycles. The molecule has 2 nitrogen and oxygen atoms in total. The van der Waals surface area contributed by atoms with Gasteiger partial charge in [-0.1, -0.05) is 78.9 Å². The van der Waals surface area contributed by atoms with Crippen LogP contribution in [0.2, 0.25) is 0 Å². The number of aromatic amines is 1. The maximum atomic E-state index is 3.69. The first-order chi connectivity index (χ1) is 14.9. The van der Waals surface area contributed by atoms with E-state index in [4.69, 9.17) is 0 Å². The van der Waals surface area contributed by atoms with Gasteiger partial charge in [-0.05, 0) is 41.3 Å². The maximum Gasteiger partial charge on any atom is 0.0465 e. The molecule has 1 heterocycles. The Kier molecular flexibility index (Phi) is 3.82. The highest BCUT2D eigenvalue weighted by Crippen LogP contribution is 2.35. The molecule has 6 aromatic rings. The number of para-hydroxylation sites is 2. The average Bonchev–Trinajstić information content (AvgIpc) is 3.18. The summed E-state index contributed by atoms with van der Waals surface area (Å²) in [6.45, 7) is 0. The van der Waals surface area contributed by atoms with Crippen molar-refractivity contribution in [1.29, 1.82) is 0 Å². The van der Waals surface area contributed by atoms with E-state index in [-0.39, 0.29) is 0 Å². The summed E-state index contributed by atoms with van der Waals surface area (Å²) in [4.78, 5) is 3.52. The van der Waals surface area contributed by atoms with Gasteiger partial charge in [0.25, 0.3) is 0 Å². The Morgan fingerprint density at radius 2 is 1.20 bits per heavy atom. The minimum absolute atomic E-state index is 1.10. The molecule has 0 aliphatic heterocycles. The van der Waals surface area contributed by atoms with E-state index in [0.717, 1.165) is 11.4 Å². The topological polar surface area (TPSA) is 27.8 Å². The third kappa shape index (κ3) is 2.73. The standard InChI is InChI=1S/C28H20N2/c1-2-10-21-19(8-1)9-7-15-26(21)29-25-13-5-3-11-22(25)20-16-17-28-24(18-20)23-12-4-6-14-27(23)30-28/h1-18,29-30H. The van der Waals surface area contributed by atoms with Crippen LogP contribution in [0.5, 0.6) is 0 Å². The summed E-state index contributed by atoms with van der Waals surface area (Å²) >= 11 is 0. The van der Waals surface area contributed by atoms with Crippen LogP contribution in [-0.2, 0) is 0 Å². The highest BCUT2D eigenvalue weighted by Gasteiger charge is 2.10. The summed E-state index contributed by atoms with van der Waals surface area (Å²) < 4.78 is 0. The van der Waals surface area contributed by atoms with Crippen LogP contribution in [-0.4, -0.2) is 4.98 Å². The van der Waals surface area contributed by atoms with Crippen molar-refractivity contribution < 1.29 is 0 Å². The first-order valence-corrected chi connectivity index (χ1v) is 10.2. The van der Waals surface area contributed by atoms with E-state index in [9.17, 15) is 0 Å². The largest absolute Gasteiger partial charge is 0.355 e. The summed E-state index contributed by atoms with van der Waals surface area (Å²) in [5.74, 6) is 0. The fraction of sp³-hybridized carbons (Fsp3) is 0. The molecule has 1 aromatic heterocycles. The number of fused-ring (bicyclic) bond motifs is 4. The second-order valence-corrected chi connectivity index (χ2v) is 7.63. The van der Waals surface area contributed by atoms with Gasteiger partial charge in [0.15, 0.2) is 0 Å². The van der Waals surface area contributed by atoms with Crippen LogP contribution in [0.4, 0.5) is 11.4 Å². The van der Waals surface area contributed by atoms with Crippen molar-refractivity contribution in [2.45, 2.75) is 0 Å². The van der Waals surface area contributed by atoms with Gasteiger partial charge >= 0.3 is 0 Å². The zero-order valence-electron chi connectivity index (χ0n) is 16.4. The third-order valence-corrected chi connectivity index (χ3v) is 5.80. The van der Waals surface area contributed by atoms with Crippen LogP contribution in [0, 0.1) is 0 Å². The fourth-order valence-corrected chi connectivity index (χ4v) is 4.34. The smallest absolute Gasteiger partial charge is 0.0465 e. The van der Waals surface area contributed by atoms with Gasteiger partial charge in [-0.2, -0.15) is 0 Å². The molecule has 30 heavy (non-hydrogen) atoms. The Hall–Kier alpha value is -4.04. The van der Waals surface area contributed by atoms with Gasteiger partial charge < -0.3 is 10.3 Å². The summed E-state index contributed by atoms with van der Waals surface area (Å²) in [6, 6.07) is 38.5. The van der Waals surface area contributed by atoms with Crippen molar-refractivity contribution in [3.63, 3.8) is 0 Å². The molecule has 2 N–H and O–H groups in total. The zero-order valence-corrected chi connectivity index (χ0v) is 16.4. The molecule has 0 aliphatic rings. The number of anilines is 2. The molecule has 0 saturated carbocycles. The number of benzene rings is 5. The lowest BCUT2D eigenvalue weighted by Gasteiger charge is -2.14. The highest BCUT2D eigenvalue weighted by atomic mass is 14.9. The van der Waals surface area contributed by atoms with Crippen molar-refractivity contribution in [3.05, 3.63) is 109 Å². The van der Waals surface area contributed by atoms with Crippen molar-refractivity contribution in [2.24, 2.45) is 0 Å². The van der Waals surface area contributed by atoms with E-state index >= 15 is 0 Å². The van der Waals surface area contributed by atoms with Crippen LogP contribution < -0.4 is 5.32 Å². The quantitative estimate of drug-likeness (QED) is 0.319. The molecule has 2 heteroatoms. The van der Waals surface area contributed by atoms with E-state index in [2.05, 4.69) is 119 Å². The van der Waals surface area contributed by atoms with Crippen LogP contribution in [0.1, 0.15) is 0 Å². The van der Waals surface area contributed by atoms with Crippen molar-refractivity contribution >= 4 is 44.0 Å². The number of rotatable bonds is 3. The van der Waals surface area contributed by atoms with Gasteiger partial charge in [-0.15, -0.1) is 0 Å². The summed E-state index contributed by atoms with van der Waals surface area (Å²) in [6.07, 6.45) is 0. The Balaban J connectivity index is 1.49. The molecule has 0 amide bonds. The molecular weight excluding hydrogens is 364 g/mol. The van der Waals surface area contributed by atoms with Crippen LogP contribution >= 0.6 is 0 Å². The number of H-pyrrole nitrogens is 1. The van der Waals surface area contributed by atoms with Gasteiger partial charge in [-0.25, -0.2) is 0 Å². The van der Waals surface area contributed by atoms with Crippen LogP contribution in [0.15, 0.2) is 109 Å². The lowest BCUT2D eigenvalue weighted by atomic mass is 10.0. The highest BCUT2D eigenvalue weighted by molar-refractivity contribution is 6.09. The maximum absolute atomic E-state index is 3.69. The fourth-order valence-electron chi connectivity index (χ4n) is 4.34. The summed E-state index contributed by atoms with van der Waals surface area (Å²) in [5.41, 5.74) is 6.96. The molecule has 0 spiro atoms. The Labute approximate surface area is 174 Å². The molecule has 0 aliphatic carbocycles. The molecule has 6 rings (SSSR count). The molecule has 0 unspecified atom stereocenters. The number of hydrogen-bond acceptors (Lipinski definition) is 1. The lowest BCUT2D eigenvalue weighted by molar-refractivity contribution is 1.53. The number of aromatic nitrogens is 1. The van der Waals surface area contributed by atoms with Gasteiger partial charge in [0, 0.05) is 44.1 Å². The predicted molar refractivity (Wildman–Crippen MR) is 128 cm³/mol. The first kappa shape index (κ1) is 16.9. The molecule has 142 valence electrons. The molecule has 0 saturated heterocycles. The molecule has 0 atom stereocenters. The van der Waals surface area contributed by atoms with E-state index in [1.165, 1.54) is 43.7 Å². The minimum atomic E-state index is 1.10. The van der Waals surface area contributed by atoms with Crippen LogP contribution in [0.25, 0.3) is 43.7 Å². The Bertz CT molecular complexity index is 1520. The van der Waals surface area contributed by atoms with Gasteiger partial charge in [0.2, 0.25) is 0 Å². The summed E-state index contributed by atoms with van der Waals surface area (Å²) in [5, 5.41) is 8.66.